The highest BCUT2D eigenvalue weighted by molar-refractivity contribution is 5.76. The molecule has 1 amide bonds. The van der Waals surface area contributed by atoms with Gasteiger partial charge in [0.25, 0.3) is 0 Å². The van der Waals surface area contributed by atoms with Crippen molar-refractivity contribution in [2.45, 2.75) is 25.9 Å². The fourth-order valence-corrected chi connectivity index (χ4v) is 3.04. The number of piperazine rings is 1. The molecule has 1 atom stereocenters. The summed E-state index contributed by atoms with van der Waals surface area (Å²) in [6.45, 7) is 4.13. The van der Waals surface area contributed by atoms with Crippen LogP contribution in [0, 0.1) is 17.0 Å². The van der Waals surface area contributed by atoms with Crippen molar-refractivity contribution in [1.82, 2.24) is 24.8 Å². The lowest BCUT2D eigenvalue weighted by Gasteiger charge is -2.36. The van der Waals surface area contributed by atoms with Crippen LogP contribution in [0.4, 0.5) is 5.82 Å². The molecule has 0 bridgehead atoms. The number of aryl methyl sites for hydroxylation is 2. The van der Waals surface area contributed by atoms with Crippen molar-refractivity contribution < 1.29 is 9.72 Å². The van der Waals surface area contributed by atoms with Crippen LogP contribution in [-0.4, -0.2) is 49.9 Å². The summed E-state index contributed by atoms with van der Waals surface area (Å²) >= 11 is 0. The minimum absolute atomic E-state index is 0.0195. The minimum Gasteiger partial charge on any atom is -0.358 e. The first-order chi connectivity index (χ1) is 12.1. The molecule has 1 fully saturated rings. The zero-order valence-electron chi connectivity index (χ0n) is 14.0. The number of hydrogen-bond donors (Lipinski definition) is 1. The highest BCUT2D eigenvalue weighted by Crippen LogP contribution is 2.22. The summed E-state index contributed by atoms with van der Waals surface area (Å²) in [5.74, 6) is 0.357. The number of rotatable bonds is 5. The van der Waals surface area contributed by atoms with Gasteiger partial charge in [-0.25, -0.2) is 0 Å². The van der Waals surface area contributed by atoms with E-state index in [1.807, 2.05) is 17.0 Å². The molecule has 0 aliphatic carbocycles. The topological polar surface area (TPSA) is 106 Å². The van der Waals surface area contributed by atoms with Gasteiger partial charge < -0.3 is 24.9 Å². The van der Waals surface area contributed by atoms with Gasteiger partial charge in [0.2, 0.25) is 11.7 Å². The molecule has 3 rings (SSSR count). The van der Waals surface area contributed by atoms with Gasteiger partial charge in [-0.3, -0.25) is 9.78 Å². The third-order valence-electron chi connectivity index (χ3n) is 4.35. The Morgan fingerprint density at radius 2 is 2.36 bits per heavy atom. The van der Waals surface area contributed by atoms with Crippen LogP contribution in [0.15, 0.2) is 30.7 Å². The number of carbonyl (C=O) groups is 1. The second kappa shape index (κ2) is 7.39. The van der Waals surface area contributed by atoms with Gasteiger partial charge >= 0.3 is 5.82 Å². The molecular formula is C16H20N6O3. The molecule has 2 aromatic heterocycles. The quantitative estimate of drug-likeness (QED) is 0.642. The highest BCUT2D eigenvalue weighted by atomic mass is 16.6. The summed E-state index contributed by atoms with van der Waals surface area (Å²) in [6, 6.07) is 3.78. The normalized spacial score (nSPS) is 17.5. The number of hydrogen-bond acceptors (Lipinski definition) is 6. The summed E-state index contributed by atoms with van der Waals surface area (Å²) in [6.07, 6.45) is 5.13. The SMILES string of the molecule is Cc1nc([N+](=O)[O-])cn1CCC(=O)N1CCNCC1c1cccnc1. The van der Waals surface area contributed by atoms with Crippen LogP contribution in [0.1, 0.15) is 23.9 Å². The maximum atomic E-state index is 12.7. The van der Waals surface area contributed by atoms with E-state index in [0.717, 1.165) is 12.1 Å². The molecule has 1 N–H and O–H groups in total. The van der Waals surface area contributed by atoms with Crippen LogP contribution in [0.25, 0.3) is 0 Å². The molecule has 1 aliphatic rings. The molecule has 9 nitrogen and oxygen atoms in total. The van der Waals surface area contributed by atoms with E-state index in [-0.39, 0.29) is 24.2 Å². The minimum atomic E-state index is -0.528. The summed E-state index contributed by atoms with van der Waals surface area (Å²) in [5, 5.41) is 14.1. The Hall–Kier alpha value is -2.81. The average molecular weight is 344 g/mol. The number of nitrogens with zero attached hydrogens (tertiary/aromatic N) is 5. The van der Waals surface area contributed by atoms with Gasteiger partial charge in [-0.15, -0.1) is 0 Å². The molecule has 1 unspecified atom stereocenters. The maximum Gasteiger partial charge on any atom is 0.381 e. The van der Waals surface area contributed by atoms with E-state index in [4.69, 9.17) is 0 Å². The first-order valence-electron chi connectivity index (χ1n) is 8.14. The molecule has 1 saturated heterocycles. The summed E-state index contributed by atoms with van der Waals surface area (Å²) < 4.78 is 1.65. The Bertz CT molecular complexity index is 760. The zero-order valence-corrected chi connectivity index (χ0v) is 14.0. The maximum absolute atomic E-state index is 12.7. The largest absolute Gasteiger partial charge is 0.381 e. The van der Waals surface area contributed by atoms with E-state index < -0.39 is 4.92 Å². The molecule has 0 spiro atoms. The third kappa shape index (κ3) is 3.82. The van der Waals surface area contributed by atoms with E-state index >= 15 is 0 Å². The second-order valence-electron chi connectivity index (χ2n) is 5.94. The number of imidazole rings is 1. The average Bonchev–Trinajstić information content (AvgIpc) is 3.01. The van der Waals surface area contributed by atoms with E-state index in [0.29, 0.717) is 25.5 Å². The van der Waals surface area contributed by atoms with Crippen molar-refractivity contribution in [1.29, 1.82) is 0 Å². The van der Waals surface area contributed by atoms with Crippen LogP contribution in [0.2, 0.25) is 0 Å². The molecular weight excluding hydrogens is 324 g/mol. The monoisotopic (exact) mass is 344 g/mol. The van der Waals surface area contributed by atoms with Crippen molar-refractivity contribution >= 4 is 11.7 Å². The van der Waals surface area contributed by atoms with Crippen LogP contribution in [0.3, 0.4) is 0 Å². The molecule has 3 heterocycles. The van der Waals surface area contributed by atoms with Gasteiger partial charge in [-0.05, 0) is 21.5 Å². The van der Waals surface area contributed by atoms with Gasteiger partial charge in [-0.2, -0.15) is 0 Å². The zero-order chi connectivity index (χ0) is 17.8. The summed E-state index contributed by atoms with van der Waals surface area (Å²) in [7, 11) is 0. The molecule has 25 heavy (non-hydrogen) atoms. The van der Waals surface area contributed by atoms with Crippen LogP contribution >= 0.6 is 0 Å². The van der Waals surface area contributed by atoms with Crippen LogP contribution < -0.4 is 5.32 Å². The molecule has 0 saturated carbocycles. The Balaban J connectivity index is 1.68. The van der Waals surface area contributed by atoms with Gasteiger partial charge in [-0.1, -0.05) is 6.07 Å². The van der Waals surface area contributed by atoms with Crippen molar-refractivity contribution in [2.24, 2.45) is 0 Å². The number of pyridine rings is 1. The second-order valence-corrected chi connectivity index (χ2v) is 5.94. The molecule has 9 heteroatoms. The number of nitro groups is 1. The first-order valence-corrected chi connectivity index (χ1v) is 8.14. The lowest BCUT2D eigenvalue weighted by molar-refractivity contribution is -0.389. The number of amides is 1. The van der Waals surface area contributed by atoms with Gasteiger partial charge in [0.05, 0.1) is 6.04 Å². The molecule has 1 aliphatic heterocycles. The van der Waals surface area contributed by atoms with Crippen molar-refractivity contribution in [3.8, 4) is 0 Å². The molecule has 2 aromatic rings. The Morgan fingerprint density at radius 3 is 3.04 bits per heavy atom. The number of carbonyl (C=O) groups excluding carboxylic acids is 1. The molecule has 132 valence electrons. The predicted molar refractivity (Wildman–Crippen MR) is 89.8 cm³/mol. The van der Waals surface area contributed by atoms with Gasteiger partial charge in [0, 0.05) is 51.9 Å². The predicted octanol–water partition coefficient (Wildman–Crippen LogP) is 1.06. The number of aromatic nitrogens is 3. The van der Waals surface area contributed by atoms with Crippen LogP contribution in [-0.2, 0) is 11.3 Å². The fraction of sp³-hybridized carbons (Fsp3) is 0.438. The van der Waals surface area contributed by atoms with E-state index in [2.05, 4.69) is 15.3 Å². The van der Waals surface area contributed by atoms with Crippen LogP contribution in [0.5, 0.6) is 0 Å². The van der Waals surface area contributed by atoms with E-state index in [1.165, 1.54) is 6.20 Å². The summed E-state index contributed by atoms with van der Waals surface area (Å²) in [4.78, 5) is 32.9. The Kier molecular flexibility index (Phi) is 5.03. The number of nitrogens with one attached hydrogen (secondary N) is 1. The van der Waals surface area contributed by atoms with E-state index in [1.54, 1.807) is 23.9 Å². The highest BCUT2D eigenvalue weighted by Gasteiger charge is 2.28. The first kappa shape index (κ1) is 17.0. The van der Waals surface area contributed by atoms with Gasteiger partial charge in [0.1, 0.15) is 6.20 Å². The Morgan fingerprint density at radius 1 is 1.52 bits per heavy atom. The fourth-order valence-electron chi connectivity index (χ4n) is 3.04. The standard InChI is InChI=1S/C16H20N6O3/c1-12-19-15(22(24)25)11-20(12)7-4-16(23)21-8-6-18-10-14(21)13-3-2-5-17-9-13/h2-3,5,9,11,14,18H,4,6-8,10H2,1H3. The molecule has 0 aromatic carbocycles. The van der Waals surface area contributed by atoms with Crippen molar-refractivity contribution in [3.63, 3.8) is 0 Å². The summed E-state index contributed by atoms with van der Waals surface area (Å²) in [5.41, 5.74) is 0.998. The smallest absolute Gasteiger partial charge is 0.358 e. The lowest BCUT2D eigenvalue weighted by atomic mass is 10.0. The van der Waals surface area contributed by atoms with Crippen molar-refractivity contribution in [3.05, 3.63) is 52.2 Å². The third-order valence-corrected chi connectivity index (χ3v) is 4.35. The van der Waals surface area contributed by atoms with Crippen molar-refractivity contribution in [2.75, 3.05) is 19.6 Å². The van der Waals surface area contributed by atoms with Gasteiger partial charge in [0.15, 0.2) is 0 Å². The lowest BCUT2D eigenvalue weighted by Crippen LogP contribution is -2.48. The Labute approximate surface area is 144 Å². The molecule has 0 radical (unpaired) electrons. The van der Waals surface area contributed by atoms with E-state index in [9.17, 15) is 14.9 Å².